The van der Waals surface area contributed by atoms with Gasteiger partial charge in [-0.15, -0.1) is 11.3 Å². The fraction of sp³-hybridized carbons (Fsp3) is 0.600. The SMILES string of the molecule is CC1CCCN(C(=S)Nc2nccs2)C1. The highest BCUT2D eigenvalue weighted by atomic mass is 32.1. The summed E-state index contributed by atoms with van der Waals surface area (Å²) in [5.74, 6) is 0.745. The van der Waals surface area contributed by atoms with Gasteiger partial charge in [0.15, 0.2) is 10.2 Å². The summed E-state index contributed by atoms with van der Waals surface area (Å²) < 4.78 is 0. The van der Waals surface area contributed by atoms with Gasteiger partial charge in [-0.2, -0.15) is 0 Å². The minimum Gasteiger partial charge on any atom is -0.349 e. The van der Waals surface area contributed by atoms with Crippen LogP contribution in [0.15, 0.2) is 11.6 Å². The first-order valence-corrected chi connectivity index (χ1v) is 6.50. The van der Waals surface area contributed by atoms with Crippen LogP contribution in [0.4, 0.5) is 5.13 Å². The van der Waals surface area contributed by atoms with Crippen molar-refractivity contribution in [2.45, 2.75) is 19.8 Å². The number of rotatable bonds is 1. The number of piperidine rings is 1. The molecule has 0 spiro atoms. The molecule has 1 aromatic rings. The molecule has 1 unspecified atom stereocenters. The summed E-state index contributed by atoms with van der Waals surface area (Å²) in [5, 5.41) is 6.83. The maximum absolute atomic E-state index is 5.36. The van der Waals surface area contributed by atoms with E-state index in [0.717, 1.165) is 29.3 Å². The lowest BCUT2D eigenvalue weighted by molar-refractivity contribution is 0.276. The molecule has 0 amide bonds. The Labute approximate surface area is 99.5 Å². The van der Waals surface area contributed by atoms with Gasteiger partial charge in [0, 0.05) is 24.7 Å². The van der Waals surface area contributed by atoms with Crippen LogP contribution in [0.5, 0.6) is 0 Å². The minimum atomic E-state index is 0.745. The average molecular weight is 241 g/mol. The summed E-state index contributed by atoms with van der Waals surface area (Å²) in [6.45, 7) is 4.41. The molecule has 0 saturated carbocycles. The second-order valence-corrected chi connectivity index (χ2v) is 5.24. The Kier molecular flexibility index (Phi) is 3.53. The van der Waals surface area contributed by atoms with E-state index in [4.69, 9.17) is 12.2 Å². The first kappa shape index (κ1) is 10.8. The zero-order valence-electron chi connectivity index (χ0n) is 8.77. The Bertz CT molecular complexity index is 323. The van der Waals surface area contributed by atoms with Crippen LogP contribution in [0, 0.1) is 5.92 Å². The van der Waals surface area contributed by atoms with E-state index in [0.29, 0.717) is 0 Å². The van der Waals surface area contributed by atoms with Crippen LogP contribution in [-0.4, -0.2) is 28.1 Å². The Balaban J connectivity index is 1.90. The van der Waals surface area contributed by atoms with E-state index in [2.05, 4.69) is 22.1 Å². The Morgan fingerprint density at radius 3 is 3.27 bits per heavy atom. The lowest BCUT2D eigenvalue weighted by Gasteiger charge is -2.32. The van der Waals surface area contributed by atoms with Gasteiger partial charge in [-0.05, 0) is 31.0 Å². The van der Waals surface area contributed by atoms with E-state index in [1.807, 2.05) is 5.38 Å². The third-order valence-corrected chi connectivity index (χ3v) is 3.64. The normalized spacial score (nSPS) is 21.4. The van der Waals surface area contributed by atoms with Crippen molar-refractivity contribution in [3.63, 3.8) is 0 Å². The lowest BCUT2D eigenvalue weighted by atomic mass is 10.0. The highest BCUT2D eigenvalue weighted by Gasteiger charge is 2.18. The predicted octanol–water partition coefficient (Wildman–Crippen LogP) is 2.57. The molecule has 0 bridgehead atoms. The van der Waals surface area contributed by atoms with Gasteiger partial charge in [0.25, 0.3) is 0 Å². The summed E-state index contributed by atoms with van der Waals surface area (Å²) in [4.78, 5) is 6.40. The van der Waals surface area contributed by atoms with E-state index in [9.17, 15) is 0 Å². The van der Waals surface area contributed by atoms with Crippen LogP contribution in [-0.2, 0) is 0 Å². The van der Waals surface area contributed by atoms with Gasteiger partial charge in [-0.25, -0.2) is 4.98 Å². The summed E-state index contributed by atoms with van der Waals surface area (Å²) in [5.41, 5.74) is 0. The zero-order chi connectivity index (χ0) is 10.7. The fourth-order valence-electron chi connectivity index (χ4n) is 1.83. The topological polar surface area (TPSA) is 28.2 Å². The molecule has 3 nitrogen and oxygen atoms in total. The molecule has 1 N–H and O–H groups in total. The van der Waals surface area contributed by atoms with E-state index in [1.54, 1.807) is 17.5 Å². The minimum absolute atomic E-state index is 0.745. The van der Waals surface area contributed by atoms with Crippen LogP contribution >= 0.6 is 23.6 Å². The number of hydrogen-bond acceptors (Lipinski definition) is 3. The van der Waals surface area contributed by atoms with Crippen molar-refractivity contribution in [1.82, 2.24) is 9.88 Å². The number of nitrogens with one attached hydrogen (secondary N) is 1. The molecule has 15 heavy (non-hydrogen) atoms. The van der Waals surface area contributed by atoms with Gasteiger partial charge >= 0.3 is 0 Å². The molecule has 1 aromatic heterocycles. The van der Waals surface area contributed by atoms with Gasteiger partial charge in [0.2, 0.25) is 0 Å². The second kappa shape index (κ2) is 4.90. The first-order chi connectivity index (χ1) is 7.25. The van der Waals surface area contributed by atoms with Crippen LogP contribution in [0.2, 0.25) is 0 Å². The van der Waals surface area contributed by atoms with Gasteiger partial charge in [0.05, 0.1) is 0 Å². The molecule has 5 heteroatoms. The molecule has 0 aromatic carbocycles. The number of thiazole rings is 1. The van der Waals surface area contributed by atoms with Crippen molar-refractivity contribution in [2.24, 2.45) is 5.92 Å². The molecule has 1 atom stereocenters. The number of aromatic nitrogens is 1. The van der Waals surface area contributed by atoms with Crippen LogP contribution < -0.4 is 5.32 Å². The third-order valence-electron chi connectivity index (χ3n) is 2.59. The van der Waals surface area contributed by atoms with Crippen molar-refractivity contribution >= 4 is 33.8 Å². The monoisotopic (exact) mass is 241 g/mol. The molecule has 2 heterocycles. The largest absolute Gasteiger partial charge is 0.349 e. The number of hydrogen-bond donors (Lipinski definition) is 1. The van der Waals surface area contributed by atoms with Crippen molar-refractivity contribution in [3.05, 3.63) is 11.6 Å². The van der Waals surface area contributed by atoms with Gasteiger partial charge in [-0.3, -0.25) is 0 Å². The van der Waals surface area contributed by atoms with Crippen molar-refractivity contribution in [3.8, 4) is 0 Å². The van der Waals surface area contributed by atoms with E-state index in [1.165, 1.54) is 12.8 Å². The van der Waals surface area contributed by atoms with Gasteiger partial charge in [0.1, 0.15) is 0 Å². The Hall–Kier alpha value is -0.680. The van der Waals surface area contributed by atoms with Gasteiger partial charge in [-0.1, -0.05) is 6.92 Å². The Morgan fingerprint density at radius 1 is 1.73 bits per heavy atom. The molecule has 1 aliphatic rings. The fourth-order valence-corrected chi connectivity index (χ4v) is 2.68. The zero-order valence-corrected chi connectivity index (χ0v) is 10.4. The molecule has 1 fully saturated rings. The molecular formula is C10H15N3S2. The molecule has 2 rings (SSSR count). The van der Waals surface area contributed by atoms with E-state index in [-0.39, 0.29) is 0 Å². The summed E-state index contributed by atoms with van der Waals surface area (Å²) in [6.07, 6.45) is 4.34. The molecule has 1 aliphatic heterocycles. The number of likely N-dealkylation sites (tertiary alicyclic amines) is 1. The summed E-state index contributed by atoms with van der Waals surface area (Å²) in [6, 6.07) is 0. The smallest absolute Gasteiger partial charge is 0.188 e. The molecule has 0 aliphatic carbocycles. The Morgan fingerprint density at radius 2 is 2.60 bits per heavy atom. The first-order valence-electron chi connectivity index (χ1n) is 5.21. The highest BCUT2D eigenvalue weighted by Crippen LogP contribution is 2.17. The molecular weight excluding hydrogens is 226 g/mol. The molecule has 1 saturated heterocycles. The van der Waals surface area contributed by atoms with Crippen molar-refractivity contribution in [2.75, 3.05) is 18.4 Å². The number of thiocarbonyl (C=S) groups is 1. The van der Waals surface area contributed by atoms with Crippen molar-refractivity contribution < 1.29 is 0 Å². The van der Waals surface area contributed by atoms with Crippen LogP contribution in [0.1, 0.15) is 19.8 Å². The number of anilines is 1. The predicted molar refractivity (Wildman–Crippen MR) is 68.3 cm³/mol. The highest BCUT2D eigenvalue weighted by molar-refractivity contribution is 7.80. The third kappa shape index (κ3) is 2.89. The van der Waals surface area contributed by atoms with Gasteiger partial charge < -0.3 is 10.2 Å². The maximum atomic E-state index is 5.36. The summed E-state index contributed by atoms with van der Waals surface area (Å²) in [7, 11) is 0. The molecule has 0 radical (unpaired) electrons. The van der Waals surface area contributed by atoms with E-state index < -0.39 is 0 Å². The average Bonchev–Trinajstić information content (AvgIpc) is 2.70. The van der Waals surface area contributed by atoms with Crippen LogP contribution in [0.25, 0.3) is 0 Å². The maximum Gasteiger partial charge on any atom is 0.188 e. The van der Waals surface area contributed by atoms with Crippen molar-refractivity contribution in [1.29, 1.82) is 0 Å². The van der Waals surface area contributed by atoms with Crippen LogP contribution in [0.3, 0.4) is 0 Å². The second-order valence-electron chi connectivity index (χ2n) is 3.96. The standard InChI is InChI=1S/C10H15N3S2/c1-8-3-2-5-13(7-8)10(14)12-9-11-4-6-15-9/h4,6,8H,2-3,5,7H2,1H3,(H,11,12,14). The summed E-state index contributed by atoms with van der Waals surface area (Å²) >= 11 is 6.94. The molecule has 82 valence electrons. The quantitative estimate of drug-likeness (QED) is 0.765. The van der Waals surface area contributed by atoms with E-state index >= 15 is 0 Å². The number of nitrogens with zero attached hydrogens (tertiary/aromatic N) is 2. The lowest BCUT2D eigenvalue weighted by Crippen LogP contribution is -2.41.